The highest BCUT2D eigenvalue weighted by Gasteiger charge is 2.16. The summed E-state index contributed by atoms with van der Waals surface area (Å²) in [5.74, 6) is 2.03. The van der Waals surface area contributed by atoms with Gasteiger partial charge in [0, 0.05) is 16.7 Å². The first-order valence-electron chi connectivity index (χ1n) is 10.2. The van der Waals surface area contributed by atoms with Gasteiger partial charge in [0.25, 0.3) is 5.56 Å². The molecule has 0 unspecified atom stereocenters. The number of hydrogen-bond acceptors (Lipinski definition) is 7. The van der Waals surface area contributed by atoms with Gasteiger partial charge in [0.05, 0.1) is 24.2 Å². The molecule has 4 aromatic rings. The first-order valence-corrected chi connectivity index (χ1v) is 10.6. The van der Waals surface area contributed by atoms with E-state index < -0.39 is 11.2 Å². The highest BCUT2D eigenvalue weighted by molar-refractivity contribution is 6.31. The number of halogens is 1. The number of benzene rings is 3. The van der Waals surface area contributed by atoms with Gasteiger partial charge in [-0.15, -0.1) is 4.68 Å². The van der Waals surface area contributed by atoms with Crippen molar-refractivity contribution in [3.05, 3.63) is 91.6 Å². The Bertz CT molecular complexity index is 1540. The molecule has 0 saturated heterocycles. The van der Waals surface area contributed by atoms with Crippen LogP contribution in [-0.4, -0.2) is 29.8 Å². The van der Waals surface area contributed by atoms with Gasteiger partial charge in [-0.2, -0.15) is 5.10 Å². The van der Waals surface area contributed by atoms with Crippen LogP contribution in [0.1, 0.15) is 11.1 Å². The third-order valence-corrected chi connectivity index (χ3v) is 5.40. The zero-order chi connectivity index (χ0) is 23.7. The average Bonchev–Trinajstić information content (AvgIpc) is 3.31. The van der Waals surface area contributed by atoms with Crippen LogP contribution >= 0.6 is 11.6 Å². The standard InChI is InChI=1S/C24H18ClN3O6/c1-31-21-10-16(25)9-15(22(21)32-12-14-6-7-19-20(8-14)34-13-33-19)11-26-28-23(29)17-4-2-3-5-18(17)27-24(28)30/h2-11H,12-13H2,1H3,(H,27,30). The average molecular weight is 480 g/mol. The van der Waals surface area contributed by atoms with Crippen LogP contribution in [0.15, 0.2) is 69.3 Å². The molecular formula is C24H18ClN3O6. The zero-order valence-corrected chi connectivity index (χ0v) is 18.7. The summed E-state index contributed by atoms with van der Waals surface area (Å²) < 4.78 is 23.0. The lowest BCUT2D eigenvalue weighted by Crippen LogP contribution is -2.32. The lowest BCUT2D eigenvalue weighted by molar-refractivity contribution is 0.174. The number of aromatic nitrogens is 2. The fraction of sp³-hybridized carbons (Fsp3) is 0.125. The Morgan fingerprint density at radius 2 is 1.94 bits per heavy atom. The smallest absolute Gasteiger partial charge is 0.349 e. The summed E-state index contributed by atoms with van der Waals surface area (Å²) >= 11 is 6.24. The minimum Gasteiger partial charge on any atom is -0.493 e. The molecule has 10 heteroatoms. The molecule has 0 fully saturated rings. The second-order valence-corrected chi connectivity index (χ2v) is 7.78. The predicted molar refractivity (Wildman–Crippen MR) is 127 cm³/mol. The van der Waals surface area contributed by atoms with Crippen molar-refractivity contribution in [3.8, 4) is 23.0 Å². The van der Waals surface area contributed by atoms with Gasteiger partial charge in [0.1, 0.15) is 6.61 Å². The molecule has 0 amide bonds. The Kier molecular flexibility index (Phi) is 5.69. The molecule has 172 valence electrons. The van der Waals surface area contributed by atoms with Crippen molar-refractivity contribution in [3.63, 3.8) is 0 Å². The van der Waals surface area contributed by atoms with Gasteiger partial charge in [-0.25, -0.2) is 4.79 Å². The highest BCUT2D eigenvalue weighted by Crippen LogP contribution is 2.36. The summed E-state index contributed by atoms with van der Waals surface area (Å²) in [6.07, 6.45) is 1.33. The topological polar surface area (TPSA) is 104 Å². The monoisotopic (exact) mass is 479 g/mol. The van der Waals surface area contributed by atoms with Gasteiger partial charge < -0.3 is 23.9 Å². The second kappa shape index (κ2) is 8.95. The number of nitrogens with one attached hydrogen (secondary N) is 1. The lowest BCUT2D eigenvalue weighted by Gasteiger charge is -2.14. The van der Waals surface area contributed by atoms with Crippen LogP contribution in [-0.2, 0) is 6.61 Å². The summed E-state index contributed by atoms with van der Waals surface area (Å²) in [4.78, 5) is 27.9. The van der Waals surface area contributed by atoms with Crippen molar-refractivity contribution in [2.45, 2.75) is 6.61 Å². The molecule has 1 aliphatic heterocycles. The third kappa shape index (κ3) is 4.08. The maximum atomic E-state index is 12.8. The van der Waals surface area contributed by atoms with E-state index in [-0.39, 0.29) is 13.4 Å². The van der Waals surface area contributed by atoms with Gasteiger partial charge in [-0.05, 0) is 35.9 Å². The van der Waals surface area contributed by atoms with Crippen LogP contribution in [0.4, 0.5) is 0 Å². The number of nitrogens with zero attached hydrogens (tertiary/aromatic N) is 2. The van der Waals surface area contributed by atoms with E-state index in [2.05, 4.69) is 10.1 Å². The van der Waals surface area contributed by atoms with Crippen LogP contribution in [0.5, 0.6) is 23.0 Å². The Morgan fingerprint density at radius 1 is 1.12 bits per heavy atom. The van der Waals surface area contributed by atoms with Crippen LogP contribution in [0.25, 0.3) is 10.9 Å². The lowest BCUT2D eigenvalue weighted by atomic mass is 10.2. The van der Waals surface area contributed by atoms with Gasteiger partial charge in [-0.1, -0.05) is 29.8 Å². The number of H-pyrrole nitrogens is 1. The molecule has 1 N–H and O–H groups in total. The predicted octanol–water partition coefficient (Wildman–Crippen LogP) is 3.54. The molecule has 1 aliphatic rings. The number of rotatable bonds is 6. The molecular weight excluding hydrogens is 462 g/mol. The molecule has 5 rings (SSSR count). The SMILES string of the molecule is COc1cc(Cl)cc(C=Nn2c(=O)[nH]c3ccccc3c2=O)c1OCc1ccc2c(c1)OCO2. The summed E-state index contributed by atoms with van der Waals surface area (Å²) in [5.41, 5.74) is 0.473. The van der Waals surface area contributed by atoms with Crippen LogP contribution in [0.3, 0.4) is 0 Å². The van der Waals surface area contributed by atoms with E-state index in [4.69, 9.17) is 30.5 Å². The van der Waals surface area contributed by atoms with E-state index in [1.807, 2.05) is 12.1 Å². The number of fused-ring (bicyclic) bond motifs is 2. The number of aromatic amines is 1. The number of ether oxygens (including phenoxy) is 4. The third-order valence-electron chi connectivity index (χ3n) is 5.18. The quantitative estimate of drug-likeness (QED) is 0.424. The summed E-state index contributed by atoms with van der Waals surface area (Å²) in [7, 11) is 1.48. The Morgan fingerprint density at radius 3 is 2.79 bits per heavy atom. The minimum absolute atomic E-state index is 0.179. The van der Waals surface area contributed by atoms with Crippen LogP contribution < -0.4 is 30.2 Å². The maximum absolute atomic E-state index is 12.8. The molecule has 0 spiro atoms. The summed E-state index contributed by atoms with van der Waals surface area (Å²) in [6.45, 7) is 0.366. The van der Waals surface area contributed by atoms with Gasteiger partial charge in [-0.3, -0.25) is 4.79 Å². The fourth-order valence-corrected chi connectivity index (χ4v) is 3.77. The molecule has 34 heavy (non-hydrogen) atoms. The molecule has 2 heterocycles. The van der Waals surface area contributed by atoms with E-state index in [0.717, 1.165) is 10.2 Å². The van der Waals surface area contributed by atoms with Crippen molar-refractivity contribution in [2.75, 3.05) is 13.9 Å². The minimum atomic E-state index is -0.670. The van der Waals surface area contributed by atoms with Crippen molar-refractivity contribution in [1.82, 2.24) is 9.66 Å². The second-order valence-electron chi connectivity index (χ2n) is 7.34. The molecule has 0 bridgehead atoms. The molecule has 9 nitrogen and oxygen atoms in total. The largest absolute Gasteiger partial charge is 0.493 e. The Balaban J connectivity index is 1.50. The Hall–Kier alpha value is -4.24. The molecule has 3 aromatic carbocycles. The van der Waals surface area contributed by atoms with Crippen molar-refractivity contribution in [1.29, 1.82) is 0 Å². The zero-order valence-electron chi connectivity index (χ0n) is 17.9. The molecule has 1 aromatic heterocycles. The fourth-order valence-electron chi connectivity index (χ4n) is 3.55. The Labute approximate surface area is 197 Å². The van der Waals surface area contributed by atoms with E-state index >= 15 is 0 Å². The summed E-state index contributed by atoms with van der Waals surface area (Å²) in [5, 5.41) is 4.81. The number of methoxy groups -OCH3 is 1. The normalized spacial score (nSPS) is 12.4. The van der Waals surface area contributed by atoms with Crippen molar-refractivity contribution >= 4 is 28.7 Å². The first-order chi connectivity index (χ1) is 16.5. The molecule has 0 radical (unpaired) electrons. The maximum Gasteiger partial charge on any atom is 0.349 e. The number of para-hydroxylation sites is 1. The van der Waals surface area contributed by atoms with Gasteiger partial charge in [0.15, 0.2) is 23.0 Å². The van der Waals surface area contributed by atoms with E-state index in [1.165, 1.54) is 13.3 Å². The van der Waals surface area contributed by atoms with Crippen LogP contribution in [0, 0.1) is 0 Å². The molecule has 0 aliphatic carbocycles. The van der Waals surface area contributed by atoms with E-state index in [1.54, 1.807) is 42.5 Å². The number of hydrogen-bond donors (Lipinski definition) is 1. The van der Waals surface area contributed by atoms with Crippen LogP contribution in [0.2, 0.25) is 5.02 Å². The first kappa shape index (κ1) is 21.6. The van der Waals surface area contributed by atoms with E-state index in [9.17, 15) is 9.59 Å². The molecule has 0 atom stereocenters. The van der Waals surface area contributed by atoms with Crippen molar-refractivity contribution in [2.24, 2.45) is 5.10 Å². The van der Waals surface area contributed by atoms with E-state index in [0.29, 0.717) is 44.5 Å². The highest BCUT2D eigenvalue weighted by atomic mass is 35.5. The molecule has 0 saturated carbocycles. The van der Waals surface area contributed by atoms with Gasteiger partial charge in [0.2, 0.25) is 6.79 Å². The van der Waals surface area contributed by atoms with Crippen molar-refractivity contribution < 1.29 is 18.9 Å². The summed E-state index contributed by atoms with van der Waals surface area (Å²) in [6, 6.07) is 15.4. The van der Waals surface area contributed by atoms with Gasteiger partial charge >= 0.3 is 5.69 Å².